The van der Waals surface area contributed by atoms with Crippen molar-refractivity contribution in [2.24, 2.45) is 0 Å². The Morgan fingerprint density at radius 1 is 0.950 bits per heavy atom. The third-order valence-electron chi connectivity index (χ3n) is 3.25. The maximum Gasteiger partial charge on any atom is 0.418 e. The van der Waals surface area contributed by atoms with Crippen LogP contribution in [0, 0.1) is 6.92 Å². The predicted molar refractivity (Wildman–Crippen MR) is 70.8 cm³/mol. The fraction of sp³-hybridized carbons (Fsp3) is 0.133. The van der Waals surface area contributed by atoms with Crippen LogP contribution in [0.4, 0.5) is 13.2 Å². The Hall–Kier alpha value is -2.30. The highest BCUT2D eigenvalue weighted by molar-refractivity contribution is 5.85. The van der Waals surface area contributed by atoms with Gasteiger partial charge >= 0.3 is 6.18 Å². The quantitative estimate of drug-likeness (QED) is 0.646. The molecule has 0 aliphatic rings. The van der Waals surface area contributed by atoms with Crippen molar-refractivity contribution < 1.29 is 13.2 Å². The number of hydrogen-bond donors (Lipinski definition) is 0. The summed E-state index contributed by atoms with van der Waals surface area (Å²) in [5.41, 5.74) is 0.723. The zero-order valence-corrected chi connectivity index (χ0v) is 10.6. The molecule has 20 heavy (non-hydrogen) atoms. The smallest absolute Gasteiger partial charge is 0.237 e. The Labute approximate surface area is 113 Å². The van der Waals surface area contributed by atoms with Crippen LogP contribution in [-0.4, -0.2) is 9.78 Å². The van der Waals surface area contributed by atoms with Crippen LogP contribution >= 0.6 is 0 Å². The first-order chi connectivity index (χ1) is 9.48. The third kappa shape index (κ3) is 1.95. The molecule has 102 valence electrons. The number of alkyl halides is 3. The molecule has 0 aliphatic carbocycles. The molecule has 0 fully saturated rings. The van der Waals surface area contributed by atoms with Crippen LogP contribution < -0.4 is 0 Å². The van der Waals surface area contributed by atoms with Crippen molar-refractivity contribution in [3.63, 3.8) is 0 Å². The molecule has 0 aliphatic heterocycles. The van der Waals surface area contributed by atoms with E-state index >= 15 is 0 Å². The van der Waals surface area contributed by atoms with Gasteiger partial charge in [0.2, 0.25) is 0 Å². The van der Waals surface area contributed by atoms with E-state index in [0.29, 0.717) is 11.1 Å². The Balaban J connectivity index is 2.31. The summed E-state index contributed by atoms with van der Waals surface area (Å²) in [7, 11) is 0. The van der Waals surface area contributed by atoms with Gasteiger partial charge in [-0.15, -0.1) is 0 Å². The largest absolute Gasteiger partial charge is 0.418 e. The van der Waals surface area contributed by atoms with Crippen molar-refractivity contribution >= 4 is 10.9 Å². The lowest BCUT2D eigenvalue weighted by atomic mass is 10.1. The van der Waals surface area contributed by atoms with Gasteiger partial charge in [0.05, 0.1) is 11.3 Å². The van der Waals surface area contributed by atoms with E-state index in [1.807, 2.05) is 30.3 Å². The fourth-order valence-corrected chi connectivity index (χ4v) is 2.28. The van der Waals surface area contributed by atoms with Crippen molar-refractivity contribution in [1.82, 2.24) is 9.78 Å². The van der Waals surface area contributed by atoms with Gasteiger partial charge in [-0.25, -0.2) is 4.68 Å². The van der Waals surface area contributed by atoms with Gasteiger partial charge in [-0.1, -0.05) is 30.3 Å². The molecule has 0 amide bonds. The molecule has 1 aromatic heterocycles. The normalized spacial score (nSPS) is 12.0. The van der Waals surface area contributed by atoms with E-state index < -0.39 is 11.7 Å². The summed E-state index contributed by atoms with van der Waals surface area (Å²) in [6.45, 7) is 1.77. The molecule has 3 aromatic rings. The van der Waals surface area contributed by atoms with Crippen molar-refractivity contribution in [3.8, 4) is 5.69 Å². The second kappa shape index (κ2) is 4.37. The number of para-hydroxylation sites is 1. The van der Waals surface area contributed by atoms with Crippen LogP contribution in [0.5, 0.6) is 0 Å². The van der Waals surface area contributed by atoms with E-state index in [4.69, 9.17) is 0 Å². The summed E-state index contributed by atoms with van der Waals surface area (Å²) >= 11 is 0. The van der Waals surface area contributed by atoms with Crippen LogP contribution in [0.15, 0.2) is 48.5 Å². The van der Waals surface area contributed by atoms with Crippen LogP contribution in [0.3, 0.4) is 0 Å². The summed E-state index contributed by atoms with van der Waals surface area (Å²) in [6, 6.07) is 13.3. The minimum Gasteiger partial charge on any atom is -0.237 e. The summed E-state index contributed by atoms with van der Waals surface area (Å²) in [5, 5.41) is 4.66. The SMILES string of the molecule is Cc1c2cccc(C(F)(F)F)c2nn1-c1ccccc1. The molecule has 3 rings (SSSR count). The van der Waals surface area contributed by atoms with Gasteiger partial charge in [-0.05, 0) is 25.1 Å². The summed E-state index contributed by atoms with van der Waals surface area (Å²) in [6.07, 6.45) is -4.40. The second-order valence-corrected chi connectivity index (χ2v) is 4.53. The average molecular weight is 276 g/mol. The number of aryl methyl sites for hydroxylation is 1. The molecule has 2 nitrogen and oxygen atoms in total. The van der Waals surface area contributed by atoms with Gasteiger partial charge in [-0.2, -0.15) is 18.3 Å². The molecule has 0 saturated carbocycles. The van der Waals surface area contributed by atoms with Crippen LogP contribution in [0.25, 0.3) is 16.6 Å². The van der Waals surface area contributed by atoms with E-state index in [2.05, 4.69) is 5.10 Å². The van der Waals surface area contributed by atoms with Crippen molar-refractivity contribution in [1.29, 1.82) is 0 Å². The van der Waals surface area contributed by atoms with E-state index in [-0.39, 0.29) is 5.52 Å². The number of aromatic nitrogens is 2. The van der Waals surface area contributed by atoms with Crippen molar-refractivity contribution in [2.75, 3.05) is 0 Å². The maximum absolute atomic E-state index is 13.0. The first-order valence-electron chi connectivity index (χ1n) is 6.09. The van der Waals surface area contributed by atoms with E-state index in [0.717, 1.165) is 11.8 Å². The van der Waals surface area contributed by atoms with E-state index in [1.54, 1.807) is 17.7 Å². The fourth-order valence-electron chi connectivity index (χ4n) is 2.28. The lowest BCUT2D eigenvalue weighted by Crippen LogP contribution is -2.05. The molecular formula is C15H11F3N2. The van der Waals surface area contributed by atoms with Gasteiger partial charge in [-0.3, -0.25) is 0 Å². The standard InChI is InChI=1S/C15H11F3N2/c1-10-12-8-5-9-13(15(16,17)18)14(12)19-20(10)11-6-3-2-4-7-11/h2-9H,1H3. The maximum atomic E-state index is 13.0. The Morgan fingerprint density at radius 2 is 1.65 bits per heavy atom. The van der Waals surface area contributed by atoms with E-state index in [9.17, 15) is 13.2 Å². The van der Waals surface area contributed by atoms with Crippen LogP contribution in [-0.2, 0) is 6.18 Å². The molecule has 0 unspecified atom stereocenters. The first-order valence-corrected chi connectivity index (χ1v) is 6.09. The van der Waals surface area contributed by atoms with Gasteiger partial charge < -0.3 is 0 Å². The van der Waals surface area contributed by atoms with Gasteiger partial charge in [0, 0.05) is 11.1 Å². The molecule has 0 radical (unpaired) electrons. The molecule has 0 bridgehead atoms. The van der Waals surface area contributed by atoms with Crippen LogP contribution in [0.1, 0.15) is 11.3 Å². The number of rotatable bonds is 1. The minimum atomic E-state index is -4.40. The monoisotopic (exact) mass is 276 g/mol. The zero-order valence-electron chi connectivity index (χ0n) is 10.6. The summed E-state index contributed by atoms with van der Waals surface area (Å²) in [5.74, 6) is 0. The molecule has 1 heterocycles. The molecular weight excluding hydrogens is 265 g/mol. The van der Waals surface area contributed by atoms with Crippen LogP contribution in [0.2, 0.25) is 0 Å². The number of halogens is 3. The molecule has 2 aromatic carbocycles. The number of benzene rings is 2. The van der Waals surface area contributed by atoms with Gasteiger partial charge in [0.15, 0.2) is 0 Å². The first kappa shape index (κ1) is 12.7. The summed E-state index contributed by atoms with van der Waals surface area (Å²) in [4.78, 5) is 0. The average Bonchev–Trinajstić information content (AvgIpc) is 2.76. The highest BCUT2D eigenvalue weighted by atomic mass is 19.4. The molecule has 0 saturated heterocycles. The predicted octanol–water partition coefficient (Wildman–Crippen LogP) is 4.35. The molecule has 5 heteroatoms. The number of nitrogens with zero attached hydrogens (tertiary/aromatic N) is 2. The second-order valence-electron chi connectivity index (χ2n) is 4.53. The van der Waals surface area contributed by atoms with Crippen molar-refractivity contribution in [2.45, 2.75) is 13.1 Å². The Morgan fingerprint density at radius 3 is 2.30 bits per heavy atom. The lowest BCUT2D eigenvalue weighted by molar-refractivity contribution is -0.136. The number of fused-ring (bicyclic) bond motifs is 1. The zero-order chi connectivity index (χ0) is 14.3. The Kier molecular flexibility index (Phi) is 2.78. The highest BCUT2D eigenvalue weighted by Gasteiger charge is 2.34. The van der Waals surface area contributed by atoms with Gasteiger partial charge in [0.25, 0.3) is 0 Å². The third-order valence-corrected chi connectivity index (χ3v) is 3.25. The Bertz CT molecular complexity index is 758. The molecule has 0 spiro atoms. The topological polar surface area (TPSA) is 17.8 Å². The van der Waals surface area contributed by atoms with Gasteiger partial charge in [0.1, 0.15) is 5.52 Å². The highest BCUT2D eigenvalue weighted by Crippen LogP contribution is 2.35. The lowest BCUT2D eigenvalue weighted by Gasteiger charge is -2.06. The van der Waals surface area contributed by atoms with Crippen molar-refractivity contribution in [3.05, 3.63) is 59.8 Å². The number of hydrogen-bond acceptors (Lipinski definition) is 1. The molecule has 0 atom stereocenters. The summed E-state index contributed by atoms with van der Waals surface area (Å²) < 4.78 is 40.6. The minimum absolute atomic E-state index is 0.0126. The van der Waals surface area contributed by atoms with E-state index in [1.165, 1.54) is 6.07 Å². The molecule has 0 N–H and O–H groups in total.